The Labute approximate surface area is 399 Å². The summed E-state index contributed by atoms with van der Waals surface area (Å²) >= 11 is 5.18. The van der Waals surface area contributed by atoms with Gasteiger partial charge in [0.25, 0.3) is 0 Å². The minimum absolute atomic E-state index is 0.0902. The zero-order valence-corrected chi connectivity index (χ0v) is 39.7. The number of thioether (sulfide) groups is 1. The summed E-state index contributed by atoms with van der Waals surface area (Å²) in [5.41, 5.74) is 11.0. The first-order valence-electron chi connectivity index (χ1n) is 20.6. The van der Waals surface area contributed by atoms with E-state index in [0.29, 0.717) is 0 Å². The standard InChI is InChI=1S/C38H60N9O18PS2/c1-4-18(2)30(38(61)45-26(15-48)31(40)54)47-36(59)25(14-29(52)53)44-33(56)22(9-10-28(50)51)41-35(58)24(13-19-5-7-20(8-6-19)65-66(62,63)64)43-34(57)23(11-12-68-3)42-37(60)27(16-49)46-32(55)21(39)17-67/h5-8,18,21-27,30,48-49,67H,4,9-17,39H2,1-3H3,(H2,40,54)(H,41,58)(H,42,60)(H,43,57)(H,44,56)(H,45,61)(H,46,55)(H,47,59)(H,50,51)(H,52,53)(H2,62,63,64)/t18-,21-,22-,23-,24-,25-,26-,27-,30-/m0/s1. The first-order valence-corrected chi connectivity index (χ1v) is 24.1. The summed E-state index contributed by atoms with van der Waals surface area (Å²) in [5, 5.41) is 54.5. The molecule has 0 unspecified atom stereocenters. The molecule has 0 aromatic heterocycles. The van der Waals surface area contributed by atoms with E-state index >= 15 is 0 Å². The lowest BCUT2D eigenvalue weighted by molar-refractivity contribution is -0.142. The summed E-state index contributed by atoms with van der Waals surface area (Å²) in [4.78, 5) is 148. The van der Waals surface area contributed by atoms with Gasteiger partial charge in [0.15, 0.2) is 0 Å². The number of aliphatic hydroxyl groups excluding tert-OH is 2. The third-order valence-electron chi connectivity index (χ3n) is 9.74. The zero-order chi connectivity index (χ0) is 51.9. The van der Waals surface area contributed by atoms with Crippen molar-refractivity contribution in [1.82, 2.24) is 37.2 Å². The minimum atomic E-state index is -5.00. The molecule has 0 aliphatic heterocycles. The number of benzene rings is 1. The number of thiol groups is 1. The molecule has 68 heavy (non-hydrogen) atoms. The van der Waals surface area contributed by atoms with Gasteiger partial charge in [0.2, 0.25) is 47.3 Å². The molecule has 0 radical (unpaired) electrons. The molecule has 1 aromatic carbocycles. The van der Waals surface area contributed by atoms with Crippen LogP contribution in [0.4, 0.5) is 0 Å². The molecule has 0 aliphatic rings. The molecule has 1 aromatic rings. The number of primary amides is 1. The summed E-state index contributed by atoms with van der Waals surface area (Å²) in [7, 11) is -5.00. The van der Waals surface area contributed by atoms with E-state index in [9.17, 15) is 82.7 Å². The molecule has 0 saturated heterocycles. The predicted molar refractivity (Wildman–Crippen MR) is 243 cm³/mol. The highest BCUT2D eigenvalue weighted by Crippen LogP contribution is 2.37. The van der Waals surface area contributed by atoms with E-state index in [1.807, 2.05) is 0 Å². The molecule has 0 saturated carbocycles. The highest BCUT2D eigenvalue weighted by atomic mass is 32.2. The van der Waals surface area contributed by atoms with Crippen LogP contribution in [0.5, 0.6) is 5.75 Å². The van der Waals surface area contributed by atoms with Crippen LogP contribution in [0.1, 0.15) is 51.5 Å². The maximum atomic E-state index is 14.2. The Morgan fingerprint density at radius 3 is 1.63 bits per heavy atom. The van der Waals surface area contributed by atoms with Gasteiger partial charge < -0.3 is 73.6 Å². The van der Waals surface area contributed by atoms with Gasteiger partial charge >= 0.3 is 19.8 Å². The Kier molecular flexibility index (Phi) is 26.7. The number of aliphatic carboxylic acids is 2. The Morgan fingerprint density at radius 1 is 0.691 bits per heavy atom. The number of nitrogens with two attached hydrogens (primary N) is 2. The molecule has 0 bridgehead atoms. The van der Waals surface area contributed by atoms with Gasteiger partial charge in [-0.3, -0.25) is 57.7 Å². The SMILES string of the molecule is CC[C@H](C)[C@H](NC(=O)[C@H](CC(=O)O)NC(=O)[C@H](CCC(=O)O)NC(=O)[C@H](Cc1ccc(OP(=O)(O)O)cc1)NC(=O)[C@H](CCSC)NC(=O)[C@H](CO)NC(=O)[C@@H](N)CS)C(=O)N[C@@H](CO)C(N)=O. The molecule has 30 heteroatoms. The first kappa shape index (κ1) is 60.5. The molecule has 0 spiro atoms. The van der Waals surface area contributed by atoms with E-state index in [0.717, 1.165) is 12.1 Å². The summed E-state index contributed by atoms with van der Waals surface area (Å²) in [6, 6.07) is -8.09. The molecule has 9 atom stereocenters. The topological polar surface area (TPSA) is 455 Å². The summed E-state index contributed by atoms with van der Waals surface area (Å²) in [5.74, 6) is -12.7. The van der Waals surface area contributed by atoms with Crippen molar-refractivity contribution < 1.29 is 87.2 Å². The quantitative estimate of drug-likeness (QED) is 0.0237. The van der Waals surface area contributed by atoms with Crippen LogP contribution in [0.3, 0.4) is 0 Å². The highest BCUT2D eigenvalue weighted by Gasteiger charge is 2.36. The lowest BCUT2D eigenvalue weighted by Gasteiger charge is -2.28. The van der Waals surface area contributed by atoms with E-state index in [4.69, 9.17) is 11.5 Å². The number of aliphatic hydroxyl groups is 2. The van der Waals surface area contributed by atoms with Crippen molar-refractivity contribution in [2.45, 2.75) is 101 Å². The number of carboxylic acid groups (broad SMARTS) is 2. The van der Waals surface area contributed by atoms with Crippen LogP contribution in [0.2, 0.25) is 0 Å². The number of phosphoric acid groups is 1. The average molecular weight is 1030 g/mol. The predicted octanol–water partition coefficient (Wildman–Crippen LogP) is -5.04. The van der Waals surface area contributed by atoms with Gasteiger partial charge in [-0.1, -0.05) is 32.4 Å². The number of hydrogen-bond acceptors (Lipinski definition) is 17. The van der Waals surface area contributed by atoms with Crippen molar-refractivity contribution in [2.75, 3.05) is 31.0 Å². The van der Waals surface area contributed by atoms with E-state index < -0.39 is 160 Å². The molecule has 0 aliphatic carbocycles. The number of carbonyl (C=O) groups excluding carboxylic acids is 8. The van der Waals surface area contributed by atoms with Gasteiger partial charge in [-0.05, 0) is 48.5 Å². The molecule has 17 N–H and O–H groups in total. The van der Waals surface area contributed by atoms with E-state index in [2.05, 4.69) is 54.4 Å². The number of amides is 8. The van der Waals surface area contributed by atoms with Gasteiger partial charge in [-0.15, -0.1) is 0 Å². The Morgan fingerprint density at radius 2 is 1.16 bits per heavy atom. The monoisotopic (exact) mass is 1030 g/mol. The number of nitrogens with one attached hydrogen (secondary N) is 7. The molecule has 382 valence electrons. The van der Waals surface area contributed by atoms with Crippen LogP contribution in [0, 0.1) is 5.92 Å². The van der Waals surface area contributed by atoms with Crippen molar-refractivity contribution in [2.24, 2.45) is 17.4 Å². The Hall–Kier alpha value is -5.55. The smallest absolute Gasteiger partial charge is 0.481 e. The third-order valence-corrected chi connectivity index (χ3v) is 11.2. The number of hydrogen-bond donors (Lipinski definition) is 16. The average Bonchev–Trinajstić information content (AvgIpc) is 3.27. The normalized spacial score (nSPS) is 15.2. The second-order valence-corrected chi connectivity index (χ2v) is 17.6. The fraction of sp³-hybridized carbons (Fsp3) is 0.579. The van der Waals surface area contributed by atoms with E-state index in [1.54, 1.807) is 13.2 Å². The third kappa shape index (κ3) is 22.0. The summed E-state index contributed by atoms with van der Waals surface area (Å²) < 4.78 is 15.9. The lowest BCUT2D eigenvalue weighted by atomic mass is 9.97. The lowest BCUT2D eigenvalue weighted by Crippen LogP contribution is -2.61. The van der Waals surface area contributed by atoms with Crippen LogP contribution in [-0.4, -0.2) is 169 Å². The highest BCUT2D eigenvalue weighted by molar-refractivity contribution is 7.98. The number of carboxylic acids is 2. The second-order valence-electron chi connectivity index (χ2n) is 15.0. The van der Waals surface area contributed by atoms with E-state index in [1.165, 1.54) is 30.8 Å². The van der Waals surface area contributed by atoms with Crippen molar-refractivity contribution >= 4 is 91.4 Å². The van der Waals surface area contributed by atoms with Crippen molar-refractivity contribution in [3.63, 3.8) is 0 Å². The van der Waals surface area contributed by atoms with Crippen LogP contribution >= 0.6 is 32.2 Å². The number of rotatable bonds is 32. The maximum Gasteiger partial charge on any atom is 0.524 e. The fourth-order valence-electron chi connectivity index (χ4n) is 5.76. The van der Waals surface area contributed by atoms with Gasteiger partial charge in [-0.2, -0.15) is 24.4 Å². The van der Waals surface area contributed by atoms with Gasteiger partial charge in [0.05, 0.1) is 25.7 Å². The van der Waals surface area contributed by atoms with Crippen molar-refractivity contribution in [3.8, 4) is 5.75 Å². The number of phosphoric ester groups is 1. The van der Waals surface area contributed by atoms with Gasteiger partial charge in [-0.25, -0.2) is 4.57 Å². The maximum absolute atomic E-state index is 14.2. The van der Waals surface area contributed by atoms with Gasteiger partial charge in [0, 0.05) is 18.6 Å². The Balaban J connectivity index is 3.67. The van der Waals surface area contributed by atoms with Crippen molar-refractivity contribution in [1.29, 1.82) is 0 Å². The van der Waals surface area contributed by atoms with Crippen LogP contribution in [0.15, 0.2) is 24.3 Å². The van der Waals surface area contributed by atoms with E-state index in [-0.39, 0.29) is 35.7 Å². The van der Waals surface area contributed by atoms with Gasteiger partial charge in [0.1, 0.15) is 48.0 Å². The van der Waals surface area contributed by atoms with Crippen LogP contribution in [-0.2, 0) is 58.9 Å². The number of carbonyl (C=O) groups is 10. The molecule has 0 fully saturated rings. The second kappa shape index (κ2) is 30.0. The zero-order valence-electron chi connectivity index (χ0n) is 37.1. The minimum Gasteiger partial charge on any atom is -0.481 e. The molecule has 0 heterocycles. The van der Waals surface area contributed by atoms with Crippen molar-refractivity contribution in [3.05, 3.63) is 29.8 Å². The largest absolute Gasteiger partial charge is 0.524 e. The van der Waals surface area contributed by atoms with Crippen LogP contribution in [0.25, 0.3) is 0 Å². The molecular formula is C38H60N9O18PS2. The Bertz CT molecular complexity index is 1980. The first-order chi connectivity index (χ1) is 31.8. The molecule has 27 nitrogen and oxygen atoms in total. The fourth-order valence-corrected chi connectivity index (χ4v) is 6.80. The molecular weight excluding hydrogens is 966 g/mol. The molecule has 8 amide bonds. The van der Waals surface area contributed by atoms with Crippen LogP contribution < -0.4 is 53.2 Å². The summed E-state index contributed by atoms with van der Waals surface area (Å²) in [6.45, 7) is 1.31. The summed E-state index contributed by atoms with van der Waals surface area (Å²) in [6.07, 6.45) is -1.23. The molecule has 1 rings (SSSR count).